The molecular formula is C12H18N4O. The molecule has 2 saturated heterocycles. The van der Waals surface area contributed by atoms with Crippen molar-refractivity contribution in [3.05, 3.63) is 0 Å². The summed E-state index contributed by atoms with van der Waals surface area (Å²) < 4.78 is 0. The number of nitrogens with one attached hydrogen (secondary N) is 2. The number of amidine groups is 1. The Labute approximate surface area is 102 Å². The lowest BCUT2D eigenvalue weighted by molar-refractivity contribution is 0.173. The van der Waals surface area contributed by atoms with Crippen molar-refractivity contribution in [1.29, 1.82) is 5.41 Å². The van der Waals surface area contributed by atoms with Crippen molar-refractivity contribution in [3.63, 3.8) is 0 Å². The summed E-state index contributed by atoms with van der Waals surface area (Å²) >= 11 is 0. The van der Waals surface area contributed by atoms with E-state index in [1.54, 1.807) is 4.90 Å². The molecule has 2 amide bonds. The van der Waals surface area contributed by atoms with E-state index in [0.29, 0.717) is 5.84 Å². The molecule has 2 aliphatic rings. The molecule has 0 radical (unpaired) electrons. The van der Waals surface area contributed by atoms with Gasteiger partial charge in [-0.25, -0.2) is 4.79 Å². The first-order chi connectivity index (χ1) is 8.10. The fraction of sp³-hybridized carbons (Fsp3) is 0.667. The number of rotatable bonds is 1. The molecule has 2 aliphatic heterocycles. The second kappa shape index (κ2) is 4.38. The van der Waals surface area contributed by atoms with Crippen LogP contribution in [0.15, 0.2) is 0 Å². The second-order valence-corrected chi connectivity index (χ2v) is 4.78. The van der Waals surface area contributed by atoms with Crippen LogP contribution in [-0.4, -0.2) is 53.9 Å². The first-order valence-corrected chi connectivity index (χ1v) is 5.90. The first-order valence-electron chi connectivity index (χ1n) is 5.90. The minimum Gasteiger partial charge on any atom is -0.306 e. The monoisotopic (exact) mass is 234 g/mol. The molecule has 1 spiro atoms. The Morgan fingerprint density at radius 1 is 1.53 bits per heavy atom. The van der Waals surface area contributed by atoms with Crippen LogP contribution in [0.2, 0.25) is 0 Å². The molecule has 2 fully saturated rings. The summed E-state index contributed by atoms with van der Waals surface area (Å²) in [7, 11) is 2.07. The molecule has 0 aliphatic carbocycles. The van der Waals surface area contributed by atoms with E-state index in [-0.39, 0.29) is 12.6 Å². The lowest BCUT2D eigenvalue weighted by Crippen LogP contribution is -2.50. The molecule has 0 aromatic rings. The van der Waals surface area contributed by atoms with Crippen LogP contribution in [0.3, 0.4) is 0 Å². The van der Waals surface area contributed by atoms with E-state index in [4.69, 9.17) is 11.8 Å². The number of terminal acetylenes is 1. The van der Waals surface area contributed by atoms with Crippen LogP contribution in [0.4, 0.5) is 4.79 Å². The molecular weight excluding hydrogens is 216 g/mol. The minimum atomic E-state index is -0.492. The third kappa shape index (κ3) is 1.89. The number of hydrogen-bond donors (Lipinski definition) is 2. The average molecular weight is 234 g/mol. The maximum atomic E-state index is 11.8. The van der Waals surface area contributed by atoms with Crippen molar-refractivity contribution in [2.45, 2.75) is 24.8 Å². The van der Waals surface area contributed by atoms with Crippen molar-refractivity contribution in [2.24, 2.45) is 0 Å². The summed E-state index contributed by atoms with van der Waals surface area (Å²) in [6, 6.07) is -0.225. The van der Waals surface area contributed by atoms with E-state index >= 15 is 0 Å². The van der Waals surface area contributed by atoms with Gasteiger partial charge in [0, 0.05) is 6.54 Å². The van der Waals surface area contributed by atoms with Gasteiger partial charge in [0.2, 0.25) is 0 Å². The number of amides is 2. The lowest BCUT2D eigenvalue weighted by atomic mass is 9.88. The van der Waals surface area contributed by atoms with Gasteiger partial charge in [-0.1, -0.05) is 5.92 Å². The predicted octanol–water partition coefficient (Wildman–Crippen LogP) is 0.477. The number of urea groups is 1. The molecule has 5 nitrogen and oxygen atoms in total. The largest absolute Gasteiger partial charge is 0.324 e. The zero-order valence-electron chi connectivity index (χ0n) is 10.1. The quantitative estimate of drug-likeness (QED) is 0.648. The van der Waals surface area contributed by atoms with Crippen LogP contribution in [0.25, 0.3) is 0 Å². The van der Waals surface area contributed by atoms with Crippen LogP contribution in [0, 0.1) is 17.8 Å². The lowest BCUT2D eigenvalue weighted by Gasteiger charge is -2.34. The first kappa shape index (κ1) is 11.9. The van der Waals surface area contributed by atoms with E-state index in [1.165, 1.54) is 0 Å². The van der Waals surface area contributed by atoms with Gasteiger partial charge in [-0.15, -0.1) is 6.42 Å². The van der Waals surface area contributed by atoms with Crippen LogP contribution >= 0.6 is 0 Å². The summed E-state index contributed by atoms with van der Waals surface area (Å²) in [6.07, 6.45) is 7.90. The number of nitrogens with zero attached hydrogens (tertiary/aromatic N) is 2. The summed E-state index contributed by atoms with van der Waals surface area (Å²) in [5.41, 5.74) is -0.492. The Kier molecular flexibility index (Phi) is 3.07. The molecule has 92 valence electrons. The number of likely N-dealkylation sites (tertiary alicyclic amines) is 1. The Morgan fingerprint density at radius 3 is 3.00 bits per heavy atom. The minimum absolute atomic E-state index is 0.225. The topological polar surface area (TPSA) is 59.4 Å². The van der Waals surface area contributed by atoms with Gasteiger partial charge in [0.05, 0.1) is 6.54 Å². The van der Waals surface area contributed by atoms with E-state index in [1.807, 2.05) is 0 Å². The normalized spacial score (nSPS) is 30.2. The van der Waals surface area contributed by atoms with Crippen molar-refractivity contribution in [3.8, 4) is 12.3 Å². The molecule has 17 heavy (non-hydrogen) atoms. The number of carbonyl (C=O) groups excluding carboxylic acids is 1. The molecule has 0 aromatic heterocycles. The molecule has 2 rings (SSSR count). The Hall–Kier alpha value is -1.54. The molecule has 2 heterocycles. The molecule has 0 saturated carbocycles. The molecule has 0 aromatic carbocycles. The maximum Gasteiger partial charge on any atom is 0.324 e. The zero-order valence-corrected chi connectivity index (χ0v) is 10.1. The molecule has 5 heteroatoms. The molecule has 0 bridgehead atoms. The average Bonchev–Trinajstić information content (AvgIpc) is 2.44. The molecule has 1 unspecified atom stereocenters. The van der Waals surface area contributed by atoms with Crippen LogP contribution < -0.4 is 5.32 Å². The highest BCUT2D eigenvalue weighted by atomic mass is 16.2. The van der Waals surface area contributed by atoms with Gasteiger partial charge in [0.1, 0.15) is 11.4 Å². The van der Waals surface area contributed by atoms with E-state index in [9.17, 15) is 4.79 Å². The van der Waals surface area contributed by atoms with Crippen molar-refractivity contribution in [2.75, 3.05) is 26.7 Å². The number of hydrogen-bond acceptors (Lipinski definition) is 3. The van der Waals surface area contributed by atoms with Crippen molar-refractivity contribution in [1.82, 2.24) is 15.1 Å². The van der Waals surface area contributed by atoms with Crippen molar-refractivity contribution >= 4 is 11.9 Å². The zero-order chi connectivity index (χ0) is 12.5. The van der Waals surface area contributed by atoms with E-state index in [2.05, 4.69) is 23.2 Å². The smallest absolute Gasteiger partial charge is 0.306 e. The summed E-state index contributed by atoms with van der Waals surface area (Å²) in [6.45, 7) is 2.17. The van der Waals surface area contributed by atoms with E-state index < -0.39 is 5.54 Å². The SMILES string of the molecule is C#CCN1C(=O)NC(=N)C12CCCN(C)CC2. The highest BCUT2D eigenvalue weighted by Crippen LogP contribution is 2.32. The van der Waals surface area contributed by atoms with Crippen LogP contribution in [-0.2, 0) is 0 Å². The fourth-order valence-corrected chi connectivity index (χ4v) is 2.71. The van der Waals surface area contributed by atoms with Crippen LogP contribution in [0.1, 0.15) is 19.3 Å². The van der Waals surface area contributed by atoms with Gasteiger partial charge in [-0.2, -0.15) is 0 Å². The Balaban J connectivity index is 2.28. The molecule has 2 N–H and O–H groups in total. The van der Waals surface area contributed by atoms with Gasteiger partial charge >= 0.3 is 6.03 Å². The predicted molar refractivity (Wildman–Crippen MR) is 65.9 cm³/mol. The highest BCUT2D eigenvalue weighted by Gasteiger charge is 2.49. The summed E-state index contributed by atoms with van der Waals surface area (Å²) in [5, 5.41) is 10.6. The Bertz CT molecular complexity index is 386. The van der Waals surface area contributed by atoms with E-state index in [0.717, 1.165) is 32.4 Å². The van der Waals surface area contributed by atoms with Gasteiger partial charge in [0.25, 0.3) is 0 Å². The highest BCUT2D eigenvalue weighted by molar-refractivity contribution is 6.08. The van der Waals surface area contributed by atoms with Gasteiger partial charge in [0.15, 0.2) is 0 Å². The number of carbonyl (C=O) groups is 1. The second-order valence-electron chi connectivity index (χ2n) is 4.78. The Morgan fingerprint density at radius 2 is 2.29 bits per heavy atom. The molecule has 1 atom stereocenters. The van der Waals surface area contributed by atoms with Gasteiger partial charge < -0.3 is 9.80 Å². The van der Waals surface area contributed by atoms with Gasteiger partial charge in [-0.05, 0) is 32.9 Å². The van der Waals surface area contributed by atoms with Crippen molar-refractivity contribution < 1.29 is 4.79 Å². The fourth-order valence-electron chi connectivity index (χ4n) is 2.71. The third-order valence-electron chi connectivity index (χ3n) is 3.75. The summed E-state index contributed by atoms with van der Waals surface area (Å²) in [4.78, 5) is 15.7. The van der Waals surface area contributed by atoms with Crippen LogP contribution in [0.5, 0.6) is 0 Å². The summed E-state index contributed by atoms with van der Waals surface area (Å²) in [5.74, 6) is 2.83. The maximum absolute atomic E-state index is 11.8. The standard InChI is InChI=1S/C12H18N4O/c1-3-7-16-11(17)14-10(13)12(16)5-4-8-15(2)9-6-12/h1H,4-9H2,2H3,(H2,13,14,17). The third-order valence-corrected chi connectivity index (χ3v) is 3.75. The van der Waals surface area contributed by atoms with Gasteiger partial charge in [-0.3, -0.25) is 10.7 Å².